The van der Waals surface area contributed by atoms with Crippen LogP contribution < -0.4 is 4.74 Å². The Morgan fingerprint density at radius 2 is 2.12 bits per heavy atom. The first-order valence-electron chi connectivity index (χ1n) is 5.27. The highest BCUT2D eigenvalue weighted by atomic mass is 16.5. The van der Waals surface area contributed by atoms with Gasteiger partial charge in [0.15, 0.2) is 5.78 Å². The van der Waals surface area contributed by atoms with Crippen molar-refractivity contribution in [2.24, 2.45) is 0 Å². The van der Waals surface area contributed by atoms with Gasteiger partial charge in [0.2, 0.25) is 0 Å². The molecule has 0 radical (unpaired) electrons. The standard InChI is InChI=1S/C14H16O3/c1-10-4-5-12(9-14(10)17-3)6-7-13(16)8-11(2)15/h4-9,16H,1-3H3. The molecule has 0 saturated heterocycles. The van der Waals surface area contributed by atoms with Crippen molar-refractivity contribution in [2.75, 3.05) is 7.11 Å². The maximum Gasteiger partial charge on any atom is 0.156 e. The number of ether oxygens (including phenoxy) is 1. The predicted octanol–water partition coefficient (Wildman–Crippen LogP) is 3.05. The molecule has 0 aliphatic heterocycles. The monoisotopic (exact) mass is 232 g/mol. The molecule has 0 aliphatic carbocycles. The smallest absolute Gasteiger partial charge is 0.156 e. The minimum Gasteiger partial charge on any atom is -0.508 e. The van der Waals surface area contributed by atoms with E-state index in [4.69, 9.17) is 4.74 Å². The Hall–Kier alpha value is -2.03. The van der Waals surface area contributed by atoms with Crippen LogP contribution in [0.15, 0.2) is 36.1 Å². The summed E-state index contributed by atoms with van der Waals surface area (Å²) >= 11 is 0. The molecule has 1 rings (SSSR count). The fourth-order valence-electron chi connectivity index (χ4n) is 1.38. The fraction of sp³-hybridized carbons (Fsp3) is 0.214. The maximum atomic E-state index is 10.7. The maximum absolute atomic E-state index is 10.7. The second-order valence-electron chi connectivity index (χ2n) is 3.74. The van der Waals surface area contributed by atoms with Crippen LogP contribution in [0.4, 0.5) is 0 Å². The van der Waals surface area contributed by atoms with Crippen molar-refractivity contribution in [3.63, 3.8) is 0 Å². The van der Waals surface area contributed by atoms with Gasteiger partial charge in [0.25, 0.3) is 0 Å². The van der Waals surface area contributed by atoms with Crippen molar-refractivity contribution in [1.82, 2.24) is 0 Å². The van der Waals surface area contributed by atoms with Gasteiger partial charge in [-0.15, -0.1) is 0 Å². The zero-order chi connectivity index (χ0) is 12.8. The van der Waals surface area contributed by atoms with E-state index in [0.29, 0.717) is 0 Å². The van der Waals surface area contributed by atoms with Crippen LogP contribution in [0.25, 0.3) is 6.08 Å². The molecule has 1 N–H and O–H groups in total. The second kappa shape index (κ2) is 5.89. The van der Waals surface area contributed by atoms with Gasteiger partial charge in [-0.2, -0.15) is 0 Å². The summed E-state index contributed by atoms with van der Waals surface area (Å²) in [6.45, 7) is 3.35. The van der Waals surface area contributed by atoms with Crippen LogP contribution in [-0.2, 0) is 4.79 Å². The van der Waals surface area contributed by atoms with E-state index in [1.807, 2.05) is 25.1 Å². The molecule has 0 amide bonds. The van der Waals surface area contributed by atoms with Crippen LogP contribution in [0, 0.1) is 6.92 Å². The summed E-state index contributed by atoms with van der Waals surface area (Å²) in [6, 6.07) is 5.71. The molecule has 1 aromatic rings. The molecule has 0 aromatic heterocycles. The Morgan fingerprint density at radius 1 is 1.41 bits per heavy atom. The average Bonchev–Trinajstić information content (AvgIpc) is 2.27. The fourth-order valence-corrected chi connectivity index (χ4v) is 1.38. The molecule has 90 valence electrons. The van der Waals surface area contributed by atoms with Gasteiger partial charge in [-0.3, -0.25) is 4.79 Å². The van der Waals surface area contributed by atoms with Crippen LogP contribution >= 0.6 is 0 Å². The van der Waals surface area contributed by atoms with Gasteiger partial charge in [0.1, 0.15) is 11.5 Å². The number of methoxy groups -OCH3 is 1. The van der Waals surface area contributed by atoms with Crippen molar-refractivity contribution >= 4 is 11.9 Å². The van der Waals surface area contributed by atoms with Crippen LogP contribution in [0.2, 0.25) is 0 Å². The lowest BCUT2D eigenvalue weighted by molar-refractivity contribution is -0.112. The Balaban J connectivity index is 2.89. The third-order valence-corrected chi connectivity index (χ3v) is 2.23. The summed E-state index contributed by atoms with van der Waals surface area (Å²) in [4.78, 5) is 10.7. The lowest BCUT2D eigenvalue weighted by Crippen LogP contribution is -1.88. The number of allylic oxidation sites excluding steroid dienone is 2. The van der Waals surface area contributed by atoms with Gasteiger partial charge in [-0.25, -0.2) is 0 Å². The van der Waals surface area contributed by atoms with Gasteiger partial charge >= 0.3 is 0 Å². The topological polar surface area (TPSA) is 46.5 Å². The van der Waals surface area contributed by atoms with Gasteiger partial charge in [0, 0.05) is 6.08 Å². The molecule has 0 atom stereocenters. The van der Waals surface area contributed by atoms with Gasteiger partial charge in [-0.1, -0.05) is 18.2 Å². The Labute approximate surface area is 101 Å². The zero-order valence-corrected chi connectivity index (χ0v) is 10.2. The number of carbonyl (C=O) groups is 1. The van der Waals surface area contributed by atoms with Crippen LogP contribution in [0.5, 0.6) is 5.75 Å². The number of benzene rings is 1. The molecule has 0 saturated carbocycles. The SMILES string of the molecule is COc1cc(C=CC(O)=CC(C)=O)ccc1C. The number of hydrogen-bond donors (Lipinski definition) is 1. The van der Waals surface area contributed by atoms with Crippen molar-refractivity contribution in [3.8, 4) is 5.75 Å². The van der Waals surface area contributed by atoms with E-state index in [1.165, 1.54) is 19.1 Å². The van der Waals surface area contributed by atoms with E-state index >= 15 is 0 Å². The van der Waals surface area contributed by atoms with Gasteiger partial charge in [-0.05, 0) is 37.1 Å². The Morgan fingerprint density at radius 3 is 2.71 bits per heavy atom. The van der Waals surface area contributed by atoms with Gasteiger partial charge < -0.3 is 9.84 Å². The lowest BCUT2D eigenvalue weighted by atomic mass is 10.1. The summed E-state index contributed by atoms with van der Waals surface area (Å²) < 4.78 is 5.19. The van der Waals surface area contributed by atoms with Crippen LogP contribution in [0.1, 0.15) is 18.1 Å². The first kappa shape index (κ1) is 13.0. The summed E-state index contributed by atoms with van der Waals surface area (Å²) in [5.41, 5.74) is 1.95. The molecule has 0 fully saturated rings. The quantitative estimate of drug-likeness (QED) is 0.493. The number of ketones is 1. The molecular formula is C14H16O3. The summed E-state index contributed by atoms with van der Waals surface area (Å²) in [7, 11) is 1.61. The third kappa shape index (κ3) is 4.15. The molecule has 3 heteroatoms. The molecule has 0 aliphatic rings. The molecule has 0 spiro atoms. The summed E-state index contributed by atoms with van der Waals surface area (Å²) in [5, 5.41) is 9.38. The average molecular weight is 232 g/mol. The number of rotatable bonds is 4. The third-order valence-electron chi connectivity index (χ3n) is 2.23. The van der Waals surface area contributed by atoms with E-state index < -0.39 is 0 Å². The molecule has 0 unspecified atom stereocenters. The minimum atomic E-state index is -0.186. The number of aliphatic hydroxyl groups excluding tert-OH is 1. The van der Waals surface area contributed by atoms with Crippen molar-refractivity contribution < 1.29 is 14.6 Å². The second-order valence-corrected chi connectivity index (χ2v) is 3.74. The van der Waals surface area contributed by atoms with E-state index in [1.54, 1.807) is 13.2 Å². The predicted molar refractivity (Wildman–Crippen MR) is 68.2 cm³/mol. The summed E-state index contributed by atoms with van der Waals surface area (Å²) in [6.07, 6.45) is 4.37. The van der Waals surface area contributed by atoms with Crippen molar-refractivity contribution in [2.45, 2.75) is 13.8 Å². The van der Waals surface area contributed by atoms with Crippen LogP contribution in [-0.4, -0.2) is 18.0 Å². The lowest BCUT2D eigenvalue weighted by Gasteiger charge is -2.04. The largest absolute Gasteiger partial charge is 0.508 e. The Kier molecular flexibility index (Phi) is 4.52. The summed E-state index contributed by atoms with van der Waals surface area (Å²) in [5.74, 6) is 0.549. The molecule has 1 aromatic carbocycles. The van der Waals surface area contributed by atoms with Gasteiger partial charge in [0.05, 0.1) is 7.11 Å². The molecule has 0 bridgehead atoms. The number of hydrogen-bond acceptors (Lipinski definition) is 3. The Bertz CT molecular complexity index is 470. The highest BCUT2D eigenvalue weighted by molar-refractivity contribution is 5.88. The van der Waals surface area contributed by atoms with Crippen molar-refractivity contribution in [3.05, 3.63) is 47.2 Å². The molecule has 17 heavy (non-hydrogen) atoms. The van der Waals surface area contributed by atoms with E-state index in [9.17, 15) is 9.90 Å². The first-order valence-corrected chi connectivity index (χ1v) is 5.27. The van der Waals surface area contributed by atoms with Crippen LogP contribution in [0.3, 0.4) is 0 Å². The first-order chi connectivity index (χ1) is 8.02. The number of aryl methyl sites for hydroxylation is 1. The molecule has 0 heterocycles. The highest BCUT2D eigenvalue weighted by Gasteiger charge is 1.98. The van der Waals surface area contributed by atoms with E-state index in [0.717, 1.165) is 16.9 Å². The minimum absolute atomic E-state index is 0.0583. The number of carbonyl (C=O) groups excluding carboxylic acids is 1. The highest BCUT2D eigenvalue weighted by Crippen LogP contribution is 2.19. The molecular weight excluding hydrogens is 216 g/mol. The zero-order valence-electron chi connectivity index (χ0n) is 10.2. The molecule has 3 nitrogen and oxygen atoms in total. The van der Waals surface area contributed by atoms with Crippen molar-refractivity contribution in [1.29, 1.82) is 0 Å². The normalized spacial score (nSPS) is 11.8. The van der Waals surface area contributed by atoms with E-state index in [-0.39, 0.29) is 11.5 Å². The van der Waals surface area contributed by atoms with E-state index in [2.05, 4.69) is 0 Å². The number of aliphatic hydroxyl groups is 1.